The van der Waals surface area contributed by atoms with Gasteiger partial charge in [0.1, 0.15) is 0 Å². The summed E-state index contributed by atoms with van der Waals surface area (Å²) in [6.45, 7) is 2.66. The molecule has 1 aromatic carbocycles. The van der Waals surface area contributed by atoms with E-state index in [2.05, 4.69) is 53.3 Å². The summed E-state index contributed by atoms with van der Waals surface area (Å²) >= 11 is 0. The molecule has 24 heavy (non-hydrogen) atoms. The lowest BCUT2D eigenvalue weighted by molar-refractivity contribution is -0.116. The third-order valence-corrected chi connectivity index (χ3v) is 4.20. The van der Waals surface area contributed by atoms with Gasteiger partial charge in [0.25, 0.3) is 0 Å². The number of nitrogens with one attached hydrogen (secondary N) is 1. The largest absolute Gasteiger partial charge is 0.346 e. The molecule has 1 amide bonds. The third kappa shape index (κ3) is 5.65. The molecule has 5 heteroatoms. The minimum absolute atomic E-state index is 0.0912. The molecule has 132 valence electrons. The normalized spacial score (nSPS) is 11.3. The van der Waals surface area contributed by atoms with Crippen molar-refractivity contribution in [1.82, 2.24) is 9.47 Å². The molecule has 2 rings (SSSR count). The fourth-order valence-electron chi connectivity index (χ4n) is 2.77. The first-order valence-electron chi connectivity index (χ1n) is 8.83. The highest BCUT2D eigenvalue weighted by molar-refractivity contribution is 5.93. The Morgan fingerprint density at radius 1 is 1.17 bits per heavy atom. The van der Waals surface area contributed by atoms with Crippen LogP contribution in [-0.4, -0.2) is 42.6 Å². The number of nitrogens with two attached hydrogens (primary N) is 1. The maximum atomic E-state index is 12.1. The average Bonchev–Trinajstić information content (AvgIpc) is 2.95. The molecule has 1 aromatic heterocycles. The van der Waals surface area contributed by atoms with Crippen molar-refractivity contribution in [2.24, 2.45) is 5.73 Å². The number of amides is 1. The van der Waals surface area contributed by atoms with Crippen molar-refractivity contribution in [1.29, 1.82) is 0 Å². The topological polar surface area (TPSA) is 63.3 Å². The van der Waals surface area contributed by atoms with Gasteiger partial charge >= 0.3 is 0 Å². The van der Waals surface area contributed by atoms with E-state index < -0.39 is 0 Å². The van der Waals surface area contributed by atoms with E-state index in [9.17, 15) is 4.79 Å². The zero-order chi connectivity index (χ0) is 17.4. The van der Waals surface area contributed by atoms with Gasteiger partial charge in [0, 0.05) is 31.4 Å². The van der Waals surface area contributed by atoms with Crippen LogP contribution in [0.1, 0.15) is 32.1 Å². The summed E-state index contributed by atoms with van der Waals surface area (Å²) in [5.41, 5.74) is 7.51. The van der Waals surface area contributed by atoms with Crippen molar-refractivity contribution in [2.75, 3.05) is 32.5 Å². The molecule has 0 aliphatic rings. The van der Waals surface area contributed by atoms with E-state index in [-0.39, 0.29) is 5.91 Å². The van der Waals surface area contributed by atoms with Gasteiger partial charge in [0.15, 0.2) is 0 Å². The molecule has 2 aromatic rings. The average molecular weight is 330 g/mol. The first-order valence-corrected chi connectivity index (χ1v) is 8.83. The highest BCUT2D eigenvalue weighted by atomic mass is 16.1. The quantitative estimate of drug-likeness (QED) is 0.658. The summed E-state index contributed by atoms with van der Waals surface area (Å²) in [4.78, 5) is 14.2. The zero-order valence-electron chi connectivity index (χ0n) is 14.9. The molecule has 5 nitrogen and oxygen atoms in total. The Morgan fingerprint density at radius 3 is 2.71 bits per heavy atom. The second kappa shape index (κ2) is 9.45. The number of likely N-dealkylation sites (N-methyl/N-ethyl adjacent to an activating group) is 1. The molecule has 0 saturated heterocycles. The van der Waals surface area contributed by atoms with Gasteiger partial charge in [-0.2, -0.15) is 0 Å². The first kappa shape index (κ1) is 18.5. The van der Waals surface area contributed by atoms with Gasteiger partial charge in [0.2, 0.25) is 5.91 Å². The lowest BCUT2D eigenvalue weighted by Gasteiger charge is -2.12. The molecule has 3 N–H and O–H groups in total. The van der Waals surface area contributed by atoms with Crippen molar-refractivity contribution >= 4 is 22.5 Å². The van der Waals surface area contributed by atoms with E-state index in [0.717, 1.165) is 56.5 Å². The van der Waals surface area contributed by atoms with Crippen molar-refractivity contribution in [2.45, 2.75) is 38.6 Å². The molecule has 0 radical (unpaired) electrons. The molecule has 0 saturated carbocycles. The van der Waals surface area contributed by atoms with Gasteiger partial charge < -0.3 is 20.5 Å². The van der Waals surface area contributed by atoms with E-state index in [1.165, 1.54) is 5.39 Å². The first-order chi connectivity index (χ1) is 11.6. The number of unbranched alkanes of at least 4 members (excludes halogenated alkanes) is 3. The van der Waals surface area contributed by atoms with Crippen molar-refractivity contribution in [3.05, 3.63) is 30.5 Å². The smallest absolute Gasteiger partial charge is 0.224 e. The standard InChI is InChI=1S/C19H30N4O/c1-22(2)13-14-23-12-10-16-8-9-17(15-18(16)23)21-19(24)7-5-3-4-6-11-20/h8-10,12,15H,3-7,11,13-14,20H2,1-2H3,(H,21,24). The van der Waals surface area contributed by atoms with Crippen LogP contribution in [0.2, 0.25) is 0 Å². The summed E-state index contributed by atoms with van der Waals surface area (Å²) in [6.07, 6.45) is 6.82. The fourth-order valence-corrected chi connectivity index (χ4v) is 2.77. The van der Waals surface area contributed by atoms with Crippen LogP contribution in [0.15, 0.2) is 30.5 Å². The molecule has 0 spiro atoms. The number of rotatable bonds is 10. The molecule has 0 aliphatic carbocycles. The van der Waals surface area contributed by atoms with Gasteiger partial charge in [0.05, 0.1) is 5.52 Å². The number of fused-ring (bicyclic) bond motifs is 1. The second-order valence-electron chi connectivity index (χ2n) is 6.59. The predicted octanol–water partition coefficient (Wildman–Crippen LogP) is 3.05. The molecule has 0 unspecified atom stereocenters. The fraction of sp³-hybridized carbons (Fsp3) is 0.526. The number of carbonyl (C=O) groups excluding carboxylic acids is 1. The minimum Gasteiger partial charge on any atom is -0.346 e. The van der Waals surface area contributed by atoms with Crippen molar-refractivity contribution in [3.8, 4) is 0 Å². The van der Waals surface area contributed by atoms with Crippen LogP contribution in [0.3, 0.4) is 0 Å². The number of aromatic nitrogens is 1. The maximum Gasteiger partial charge on any atom is 0.224 e. The number of benzene rings is 1. The van der Waals surface area contributed by atoms with Crippen LogP contribution in [-0.2, 0) is 11.3 Å². The SMILES string of the molecule is CN(C)CCn1ccc2ccc(NC(=O)CCCCCCN)cc21. The van der Waals surface area contributed by atoms with Crippen molar-refractivity contribution < 1.29 is 4.79 Å². The summed E-state index contributed by atoms with van der Waals surface area (Å²) < 4.78 is 2.23. The lowest BCUT2D eigenvalue weighted by atomic mass is 10.1. The highest BCUT2D eigenvalue weighted by Gasteiger charge is 2.06. The minimum atomic E-state index is 0.0912. The van der Waals surface area contributed by atoms with Gasteiger partial charge in [-0.05, 0) is 57.1 Å². The Bertz CT molecular complexity index is 648. The number of carbonyl (C=O) groups is 1. The maximum absolute atomic E-state index is 12.1. The van der Waals surface area contributed by atoms with E-state index >= 15 is 0 Å². The van der Waals surface area contributed by atoms with Crippen LogP contribution in [0.5, 0.6) is 0 Å². The van der Waals surface area contributed by atoms with Gasteiger partial charge in [-0.15, -0.1) is 0 Å². The highest BCUT2D eigenvalue weighted by Crippen LogP contribution is 2.21. The van der Waals surface area contributed by atoms with E-state index in [4.69, 9.17) is 5.73 Å². The number of nitrogens with zero attached hydrogens (tertiary/aromatic N) is 2. The summed E-state index contributed by atoms with van der Waals surface area (Å²) in [6, 6.07) is 8.23. The lowest BCUT2D eigenvalue weighted by Crippen LogP contribution is -2.18. The zero-order valence-corrected chi connectivity index (χ0v) is 14.9. The third-order valence-electron chi connectivity index (χ3n) is 4.20. The van der Waals surface area contributed by atoms with Crippen LogP contribution < -0.4 is 11.1 Å². The Hall–Kier alpha value is -1.85. The van der Waals surface area contributed by atoms with Gasteiger partial charge in [-0.1, -0.05) is 18.9 Å². The molecular weight excluding hydrogens is 300 g/mol. The van der Waals surface area contributed by atoms with E-state index in [0.29, 0.717) is 6.42 Å². The molecule has 0 fully saturated rings. The molecular formula is C19H30N4O. The summed E-state index contributed by atoms with van der Waals surface area (Å²) in [5, 5.41) is 4.22. The Kier molecular flexibility index (Phi) is 7.28. The monoisotopic (exact) mass is 330 g/mol. The number of hydrogen-bond acceptors (Lipinski definition) is 3. The Labute approximate surface area is 144 Å². The molecule has 0 bridgehead atoms. The molecule has 0 aliphatic heterocycles. The number of anilines is 1. The number of hydrogen-bond donors (Lipinski definition) is 2. The van der Waals surface area contributed by atoms with Crippen LogP contribution in [0, 0.1) is 0 Å². The van der Waals surface area contributed by atoms with Crippen molar-refractivity contribution in [3.63, 3.8) is 0 Å². The van der Waals surface area contributed by atoms with Crippen LogP contribution in [0.25, 0.3) is 10.9 Å². The van der Waals surface area contributed by atoms with Gasteiger partial charge in [-0.3, -0.25) is 4.79 Å². The Balaban J connectivity index is 1.91. The molecule has 0 atom stereocenters. The predicted molar refractivity (Wildman–Crippen MR) is 101 cm³/mol. The molecule has 1 heterocycles. The summed E-state index contributed by atoms with van der Waals surface area (Å²) in [7, 11) is 4.15. The Morgan fingerprint density at radius 2 is 1.96 bits per heavy atom. The van der Waals surface area contributed by atoms with Crippen LogP contribution in [0.4, 0.5) is 5.69 Å². The second-order valence-corrected chi connectivity index (χ2v) is 6.59. The van der Waals surface area contributed by atoms with E-state index in [1.807, 2.05) is 6.07 Å². The van der Waals surface area contributed by atoms with Gasteiger partial charge in [-0.25, -0.2) is 0 Å². The van der Waals surface area contributed by atoms with Crippen LogP contribution >= 0.6 is 0 Å². The van der Waals surface area contributed by atoms with E-state index in [1.54, 1.807) is 0 Å². The summed E-state index contributed by atoms with van der Waals surface area (Å²) in [5.74, 6) is 0.0912.